The molecule has 16 heavy (non-hydrogen) atoms. The molecular formula is C12H8Br2OS. The third-order valence-corrected chi connectivity index (χ3v) is 4.32. The summed E-state index contributed by atoms with van der Waals surface area (Å²) < 4.78 is 1.79. The quantitative estimate of drug-likeness (QED) is 0.703. The molecule has 0 saturated carbocycles. The van der Waals surface area contributed by atoms with Crippen LogP contribution in [0.15, 0.2) is 37.9 Å². The van der Waals surface area contributed by atoms with Gasteiger partial charge < -0.3 is 0 Å². The Bertz CT molecular complexity index is 525. The minimum Gasteiger partial charge on any atom is -0.289 e. The topological polar surface area (TPSA) is 17.1 Å². The number of benzene rings is 1. The number of ketones is 1. The van der Waals surface area contributed by atoms with Crippen molar-refractivity contribution in [1.29, 1.82) is 0 Å². The van der Waals surface area contributed by atoms with Crippen molar-refractivity contribution in [2.45, 2.75) is 6.92 Å². The number of thiophene rings is 1. The van der Waals surface area contributed by atoms with Crippen LogP contribution in [0, 0.1) is 6.92 Å². The summed E-state index contributed by atoms with van der Waals surface area (Å²) in [4.78, 5) is 12.2. The van der Waals surface area contributed by atoms with E-state index >= 15 is 0 Å². The molecule has 1 heterocycles. The molecule has 0 aliphatic heterocycles. The highest BCUT2D eigenvalue weighted by Crippen LogP contribution is 2.25. The van der Waals surface area contributed by atoms with E-state index in [4.69, 9.17) is 0 Å². The second-order valence-electron chi connectivity index (χ2n) is 3.48. The number of halogens is 2. The van der Waals surface area contributed by atoms with Gasteiger partial charge in [0.05, 0.1) is 0 Å². The van der Waals surface area contributed by atoms with Crippen molar-refractivity contribution in [2.24, 2.45) is 0 Å². The highest BCUT2D eigenvalue weighted by atomic mass is 79.9. The number of carbonyl (C=O) groups is 1. The number of hydrogen-bond acceptors (Lipinski definition) is 2. The molecule has 0 atom stereocenters. The van der Waals surface area contributed by atoms with Gasteiger partial charge in [-0.1, -0.05) is 15.9 Å². The zero-order chi connectivity index (χ0) is 11.7. The van der Waals surface area contributed by atoms with Crippen LogP contribution in [0.2, 0.25) is 0 Å². The molecule has 0 amide bonds. The van der Waals surface area contributed by atoms with Gasteiger partial charge in [-0.2, -0.15) is 11.3 Å². The van der Waals surface area contributed by atoms with E-state index in [1.165, 1.54) is 11.3 Å². The number of aryl methyl sites for hydroxylation is 1. The minimum atomic E-state index is 0.0533. The molecule has 0 aliphatic carbocycles. The van der Waals surface area contributed by atoms with Crippen molar-refractivity contribution in [2.75, 3.05) is 0 Å². The number of hydrogen-bond donors (Lipinski definition) is 0. The van der Waals surface area contributed by atoms with Gasteiger partial charge in [0.1, 0.15) is 0 Å². The van der Waals surface area contributed by atoms with Crippen molar-refractivity contribution < 1.29 is 4.79 Å². The van der Waals surface area contributed by atoms with E-state index in [2.05, 4.69) is 31.9 Å². The summed E-state index contributed by atoms with van der Waals surface area (Å²) in [5.74, 6) is 0.0533. The molecule has 0 radical (unpaired) electrons. The van der Waals surface area contributed by atoms with Crippen molar-refractivity contribution in [1.82, 2.24) is 0 Å². The van der Waals surface area contributed by atoms with Gasteiger partial charge in [-0.3, -0.25) is 4.79 Å². The lowest BCUT2D eigenvalue weighted by Gasteiger charge is -2.02. The second-order valence-corrected chi connectivity index (χ2v) is 5.99. The molecule has 2 aromatic rings. The summed E-state index contributed by atoms with van der Waals surface area (Å²) in [7, 11) is 0. The van der Waals surface area contributed by atoms with Crippen molar-refractivity contribution >= 4 is 49.0 Å². The van der Waals surface area contributed by atoms with Crippen LogP contribution >= 0.6 is 43.2 Å². The molecular weight excluding hydrogens is 352 g/mol. The lowest BCUT2D eigenvalue weighted by molar-refractivity contribution is 0.103. The molecule has 2 rings (SSSR count). The van der Waals surface area contributed by atoms with Crippen LogP contribution in [0.25, 0.3) is 0 Å². The van der Waals surface area contributed by atoms with E-state index < -0.39 is 0 Å². The lowest BCUT2D eigenvalue weighted by Crippen LogP contribution is -2.00. The Labute approximate surface area is 115 Å². The van der Waals surface area contributed by atoms with E-state index in [-0.39, 0.29) is 5.78 Å². The van der Waals surface area contributed by atoms with E-state index in [0.717, 1.165) is 20.1 Å². The molecule has 0 spiro atoms. The fourth-order valence-corrected chi connectivity index (χ4v) is 3.53. The monoisotopic (exact) mass is 358 g/mol. The third kappa shape index (κ3) is 2.44. The van der Waals surface area contributed by atoms with Gasteiger partial charge in [-0.05, 0) is 46.6 Å². The van der Waals surface area contributed by atoms with Gasteiger partial charge in [-0.25, -0.2) is 0 Å². The third-order valence-electron chi connectivity index (χ3n) is 2.16. The van der Waals surface area contributed by atoms with E-state index in [0.29, 0.717) is 5.56 Å². The van der Waals surface area contributed by atoms with Gasteiger partial charge in [0, 0.05) is 30.8 Å². The zero-order valence-corrected chi connectivity index (χ0v) is 12.4. The summed E-state index contributed by atoms with van der Waals surface area (Å²) >= 11 is 8.30. The molecule has 1 aromatic carbocycles. The summed E-state index contributed by atoms with van der Waals surface area (Å²) in [6, 6.07) is 5.73. The first-order chi connectivity index (χ1) is 7.58. The Morgan fingerprint density at radius 2 is 1.94 bits per heavy atom. The molecule has 0 unspecified atom stereocenters. The molecule has 0 saturated heterocycles. The molecule has 0 fully saturated rings. The maximum Gasteiger partial charge on any atom is 0.195 e. The Morgan fingerprint density at radius 3 is 2.50 bits per heavy atom. The Morgan fingerprint density at radius 1 is 1.19 bits per heavy atom. The summed E-state index contributed by atoms with van der Waals surface area (Å²) in [5.41, 5.74) is 2.51. The maximum absolute atomic E-state index is 12.2. The van der Waals surface area contributed by atoms with Gasteiger partial charge in [-0.15, -0.1) is 0 Å². The van der Waals surface area contributed by atoms with E-state index in [9.17, 15) is 4.79 Å². The fourth-order valence-electron chi connectivity index (χ4n) is 1.47. The Hall–Kier alpha value is -0.450. The zero-order valence-electron chi connectivity index (χ0n) is 8.46. The largest absolute Gasteiger partial charge is 0.289 e. The fraction of sp³-hybridized carbons (Fsp3) is 0.0833. The average molecular weight is 360 g/mol. The van der Waals surface area contributed by atoms with E-state index in [1.54, 1.807) is 0 Å². The van der Waals surface area contributed by atoms with Gasteiger partial charge in [0.2, 0.25) is 0 Å². The molecule has 4 heteroatoms. The molecule has 0 aliphatic rings. The Kier molecular flexibility index (Phi) is 3.62. The minimum absolute atomic E-state index is 0.0533. The number of carbonyl (C=O) groups excluding carboxylic acids is 1. The van der Waals surface area contributed by atoms with Crippen LogP contribution in [-0.2, 0) is 0 Å². The van der Waals surface area contributed by atoms with Crippen LogP contribution in [0.5, 0.6) is 0 Å². The summed E-state index contributed by atoms with van der Waals surface area (Å²) in [6.45, 7) is 1.98. The smallest absolute Gasteiger partial charge is 0.195 e. The van der Waals surface area contributed by atoms with Crippen LogP contribution in [0.4, 0.5) is 0 Å². The first kappa shape index (κ1) is 12.0. The van der Waals surface area contributed by atoms with Gasteiger partial charge >= 0.3 is 0 Å². The highest BCUT2D eigenvalue weighted by molar-refractivity contribution is 9.10. The first-order valence-corrected chi connectivity index (χ1v) is 7.14. The van der Waals surface area contributed by atoms with Crippen LogP contribution in [0.1, 0.15) is 21.5 Å². The Balaban J connectivity index is 2.45. The molecule has 1 aromatic heterocycles. The standard InChI is InChI=1S/C12H8Br2OS/c1-7-2-8(4-9(13)3-7)12(15)10-5-16-6-11(10)14/h2-6H,1H3. The predicted octanol–water partition coefficient (Wildman–Crippen LogP) is 4.81. The van der Waals surface area contributed by atoms with Crippen molar-refractivity contribution in [3.8, 4) is 0 Å². The highest BCUT2D eigenvalue weighted by Gasteiger charge is 2.13. The van der Waals surface area contributed by atoms with Crippen LogP contribution < -0.4 is 0 Å². The maximum atomic E-state index is 12.2. The second kappa shape index (κ2) is 4.82. The van der Waals surface area contributed by atoms with E-state index in [1.807, 2.05) is 35.9 Å². The normalized spacial score (nSPS) is 10.4. The summed E-state index contributed by atoms with van der Waals surface area (Å²) in [5, 5.41) is 3.78. The van der Waals surface area contributed by atoms with Crippen molar-refractivity contribution in [3.05, 3.63) is 54.6 Å². The molecule has 82 valence electrons. The predicted molar refractivity (Wildman–Crippen MR) is 74.3 cm³/mol. The van der Waals surface area contributed by atoms with Gasteiger partial charge in [0.25, 0.3) is 0 Å². The number of rotatable bonds is 2. The molecule has 0 bridgehead atoms. The van der Waals surface area contributed by atoms with Crippen LogP contribution in [0.3, 0.4) is 0 Å². The van der Waals surface area contributed by atoms with Crippen LogP contribution in [-0.4, -0.2) is 5.78 Å². The lowest BCUT2D eigenvalue weighted by atomic mass is 10.0. The molecule has 0 N–H and O–H groups in total. The SMILES string of the molecule is Cc1cc(Br)cc(C(=O)c2cscc2Br)c1. The average Bonchev–Trinajstić information content (AvgIpc) is 2.62. The summed E-state index contributed by atoms with van der Waals surface area (Å²) in [6.07, 6.45) is 0. The van der Waals surface area contributed by atoms with Crippen molar-refractivity contribution in [3.63, 3.8) is 0 Å². The van der Waals surface area contributed by atoms with Gasteiger partial charge in [0.15, 0.2) is 5.78 Å². The first-order valence-electron chi connectivity index (χ1n) is 4.61. The molecule has 1 nitrogen and oxygen atoms in total.